The largest absolute Gasteiger partial charge is 0.459 e. The van der Waals surface area contributed by atoms with Crippen molar-refractivity contribution >= 4 is 16.1 Å². The number of hydrogen-bond donors (Lipinski definition) is 0. The molecular weight excluding hydrogens is 268 g/mol. The molecule has 4 aliphatic carbocycles. The maximum Gasteiger partial charge on any atom is 0.378 e. The molecule has 4 aliphatic rings. The van der Waals surface area contributed by atoms with Crippen molar-refractivity contribution in [3.8, 4) is 0 Å². The Labute approximate surface area is 113 Å². The monoisotopic (exact) mass is 289 g/mol. The van der Waals surface area contributed by atoms with Crippen molar-refractivity contribution in [2.75, 3.05) is 5.75 Å². The SMILES string of the molecule is O=C(CCS(=O)(=O)[OH2+])OC12CC3CC(CC(C3)C1)C2. The molecule has 0 unspecified atom stereocenters. The van der Waals surface area contributed by atoms with Gasteiger partial charge in [-0.2, -0.15) is 8.42 Å². The first-order chi connectivity index (χ1) is 8.84. The zero-order valence-electron chi connectivity index (χ0n) is 10.9. The fraction of sp³-hybridized carbons (Fsp3) is 0.923. The van der Waals surface area contributed by atoms with E-state index in [0.717, 1.165) is 19.3 Å². The van der Waals surface area contributed by atoms with E-state index in [1.54, 1.807) is 0 Å². The van der Waals surface area contributed by atoms with Gasteiger partial charge in [-0.1, -0.05) is 0 Å². The molecule has 0 aromatic carbocycles. The normalized spacial score (nSPS) is 40.4. The first-order valence-electron chi connectivity index (χ1n) is 7.03. The van der Waals surface area contributed by atoms with Gasteiger partial charge in [0.05, 0.1) is 6.42 Å². The van der Waals surface area contributed by atoms with Crippen LogP contribution in [0.3, 0.4) is 0 Å². The molecule has 19 heavy (non-hydrogen) atoms. The summed E-state index contributed by atoms with van der Waals surface area (Å²) in [4.78, 5) is 11.8. The predicted octanol–water partition coefficient (Wildman–Crippen LogP) is 0.943. The summed E-state index contributed by atoms with van der Waals surface area (Å²) in [5.41, 5.74) is -0.308. The minimum Gasteiger partial charge on any atom is -0.459 e. The summed E-state index contributed by atoms with van der Waals surface area (Å²) in [5.74, 6) is 1.20. The lowest BCUT2D eigenvalue weighted by molar-refractivity contribution is -0.186. The van der Waals surface area contributed by atoms with Crippen LogP contribution in [0.15, 0.2) is 0 Å². The summed E-state index contributed by atoms with van der Waals surface area (Å²) >= 11 is 0. The Morgan fingerprint density at radius 1 is 1.11 bits per heavy atom. The van der Waals surface area contributed by atoms with Gasteiger partial charge in [-0.25, -0.2) is 0 Å². The lowest BCUT2D eigenvalue weighted by atomic mass is 9.54. The second-order valence-corrected chi connectivity index (χ2v) is 8.28. The van der Waals surface area contributed by atoms with Gasteiger partial charge < -0.3 is 9.29 Å². The van der Waals surface area contributed by atoms with Crippen molar-refractivity contribution < 1.29 is 22.5 Å². The Kier molecular flexibility index (Phi) is 3.13. The van der Waals surface area contributed by atoms with Crippen LogP contribution in [0.25, 0.3) is 0 Å². The number of hydrogen-bond acceptors (Lipinski definition) is 4. The van der Waals surface area contributed by atoms with E-state index >= 15 is 0 Å². The average Bonchev–Trinajstić information content (AvgIpc) is 2.22. The molecule has 0 atom stereocenters. The highest BCUT2D eigenvalue weighted by Crippen LogP contribution is 2.57. The maximum atomic E-state index is 11.8. The van der Waals surface area contributed by atoms with Crippen molar-refractivity contribution in [3.05, 3.63) is 0 Å². The van der Waals surface area contributed by atoms with Crippen LogP contribution < -0.4 is 0 Å². The molecule has 4 rings (SSSR count). The molecule has 2 N–H and O–H groups in total. The molecule has 0 saturated heterocycles. The zero-order chi connectivity index (χ0) is 13.7. The summed E-state index contributed by atoms with van der Waals surface area (Å²) in [6.45, 7) is 0. The third kappa shape index (κ3) is 2.94. The molecule has 0 aromatic rings. The molecule has 6 heteroatoms. The van der Waals surface area contributed by atoms with Gasteiger partial charge in [-0.15, -0.1) is 0 Å². The number of carbonyl (C=O) groups is 1. The summed E-state index contributed by atoms with van der Waals surface area (Å²) < 4.78 is 34.0. The van der Waals surface area contributed by atoms with Gasteiger partial charge in [0.15, 0.2) is 0 Å². The number of carbonyl (C=O) groups excluding carboxylic acids is 1. The standard InChI is InChI=1S/C13H20O5S/c14-12(1-2-19(15,16)17)18-13-6-9-3-10(7-13)5-11(4-9)8-13/h9-11H,1-8H2,(H,15,16,17)/p+1. The quantitative estimate of drug-likeness (QED) is 0.569. The molecule has 0 spiro atoms. The highest BCUT2D eigenvalue weighted by atomic mass is 32.2. The molecule has 5 nitrogen and oxygen atoms in total. The van der Waals surface area contributed by atoms with Crippen LogP contribution in [0, 0.1) is 17.8 Å². The summed E-state index contributed by atoms with van der Waals surface area (Å²) in [5, 5.41) is 0. The van der Waals surface area contributed by atoms with E-state index in [9.17, 15) is 13.2 Å². The van der Waals surface area contributed by atoms with Crippen LogP contribution in [0.4, 0.5) is 0 Å². The van der Waals surface area contributed by atoms with Crippen molar-refractivity contribution in [2.45, 2.75) is 50.5 Å². The van der Waals surface area contributed by atoms with Gasteiger partial charge in [0.1, 0.15) is 11.4 Å². The van der Waals surface area contributed by atoms with Gasteiger partial charge >= 0.3 is 16.1 Å². The molecule has 4 fully saturated rings. The number of ether oxygens (including phenoxy) is 1. The van der Waals surface area contributed by atoms with E-state index in [2.05, 4.69) is 0 Å². The topological polar surface area (TPSA) is 83.3 Å². The molecule has 0 aromatic heterocycles. The molecule has 0 radical (unpaired) electrons. The van der Waals surface area contributed by atoms with Crippen LogP contribution in [-0.4, -0.2) is 30.3 Å². The van der Waals surface area contributed by atoms with E-state index in [1.165, 1.54) is 19.3 Å². The fourth-order valence-electron chi connectivity index (χ4n) is 4.67. The number of rotatable bonds is 4. The highest BCUT2D eigenvalue weighted by Gasteiger charge is 2.53. The predicted molar refractivity (Wildman–Crippen MR) is 69.0 cm³/mol. The summed E-state index contributed by atoms with van der Waals surface area (Å²) in [6, 6.07) is 0. The van der Waals surface area contributed by atoms with Gasteiger partial charge in [-0.05, 0) is 56.3 Å². The van der Waals surface area contributed by atoms with Crippen LogP contribution in [-0.2, 0) is 19.6 Å². The van der Waals surface area contributed by atoms with Crippen LogP contribution in [0.5, 0.6) is 0 Å². The minimum absolute atomic E-state index is 0.187. The summed E-state index contributed by atoms with van der Waals surface area (Å²) in [6.07, 6.45) is 6.51. The first-order valence-corrected chi connectivity index (χ1v) is 8.68. The van der Waals surface area contributed by atoms with Gasteiger partial charge in [-0.3, -0.25) is 4.79 Å². The Balaban J connectivity index is 1.61. The van der Waals surface area contributed by atoms with Crippen molar-refractivity contribution in [1.29, 1.82) is 0 Å². The van der Waals surface area contributed by atoms with Crippen molar-refractivity contribution in [1.82, 2.24) is 0 Å². The molecular formula is C13H21O5S+. The third-order valence-corrected chi connectivity index (χ3v) is 5.63. The molecule has 108 valence electrons. The molecule has 0 aliphatic heterocycles. The third-order valence-electron chi connectivity index (χ3n) is 4.89. The second-order valence-electron chi connectivity index (χ2n) is 6.64. The number of esters is 1. The van der Waals surface area contributed by atoms with Crippen molar-refractivity contribution in [2.24, 2.45) is 17.8 Å². The Hall–Kier alpha value is -0.620. The minimum atomic E-state index is -3.84. The van der Waals surface area contributed by atoms with Gasteiger partial charge in [0.25, 0.3) is 0 Å². The molecule has 4 bridgehead atoms. The van der Waals surface area contributed by atoms with E-state index < -0.39 is 21.8 Å². The van der Waals surface area contributed by atoms with Crippen LogP contribution >= 0.6 is 0 Å². The molecule has 4 saturated carbocycles. The molecule has 0 amide bonds. The van der Waals surface area contributed by atoms with Gasteiger partial charge in [0.2, 0.25) is 0 Å². The Morgan fingerprint density at radius 2 is 1.58 bits per heavy atom. The van der Waals surface area contributed by atoms with E-state index in [4.69, 9.17) is 9.29 Å². The Bertz CT molecular complexity index is 446. The smallest absolute Gasteiger partial charge is 0.378 e. The van der Waals surface area contributed by atoms with E-state index in [-0.39, 0.29) is 12.0 Å². The average molecular weight is 289 g/mol. The van der Waals surface area contributed by atoms with E-state index in [0.29, 0.717) is 17.8 Å². The lowest BCUT2D eigenvalue weighted by Crippen LogP contribution is -2.52. The first kappa shape index (κ1) is 13.4. The fourth-order valence-corrected chi connectivity index (χ4v) is 5.10. The van der Waals surface area contributed by atoms with E-state index in [1.807, 2.05) is 0 Å². The molecule has 0 heterocycles. The maximum absolute atomic E-state index is 11.8. The van der Waals surface area contributed by atoms with Crippen LogP contribution in [0.2, 0.25) is 0 Å². The second kappa shape index (κ2) is 4.45. The highest BCUT2D eigenvalue weighted by molar-refractivity contribution is 7.85. The Morgan fingerprint density at radius 3 is 2.00 bits per heavy atom. The van der Waals surface area contributed by atoms with Gasteiger partial charge in [0, 0.05) is 0 Å². The summed E-state index contributed by atoms with van der Waals surface area (Å²) in [7, 11) is -3.84. The zero-order valence-corrected chi connectivity index (χ0v) is 11.7. The lowest BCUT2D eigenvalue weighted by Gasteiger charge is -2.55. The van der Waals surface area contributed by atoms with Crippen molar-refractivity contribution in [3.63, 3.8) is 0 Å². The van der Waals surface area contributed by atoms with Crippen LogP contribution in [0.1, 0.15) is 44.9 Å².